The monoisotopic (exact) mass is 432 g/mol. The molecule has 1 aliphatic rings. The van der Waals surface area contributed by atoms with Crippen LogP contribution in [0.3, 0.4) is 0 Å². The molecule has 0 radical (unpaired) electrons. The number of halogens is 1. The van der Waals surface area contributed by atoms with Gasteiger partial charge < -0.3 is 4.74 Å². The fourth-order valence-corrected chi connectivity index (χ4v) is 4.49. The van der Waals surface area contributed by atoms with Crippen molar-refractivity contribution in [3.8, 4) is 5.75 Å². The van der Waals surface area contributed by atoms with Crippen LogP contribution in [0.1, 0.15) is 22.2 Å². The van der Waals surface area contributed by atoms with Crippen LogP contribution in [-0.4, -0.2) is 20.6 Å². The summed E-state index contributed by atoms with van der Waals surface area (Å²) in [4.78, 5) is 0. The third-order valence-electron chi connectivity index (χ3n) is 4.71. The lowest BCUT2D eigenvalue weighted by molar-refractivity contribution is 0.290. The number of ether oxygens (including phenoxy) is 1. The van der Waals surface area contributed by atoms with Crippen LogP contribution in [0.25, 0.3) is 0 Å². The van der Waals surface area contributed by atoms with Crippen LogP contribution in [0.4, 0.5) is 0 Å². The zero-order chi connectivity index (χ0) is 20.3. The molecule has 1 aliphatic heterocycles. The molecule has 0 amide bonds. The van der Waals surface area contributed by atoms with Gasteiger partial charge in [0.2, 0.25) is 5.16 Å². The van der Waals surface area contributed by atoms with Gasteiger partial charge in [-0.1, -0.05) is 84.0 Å². The van der Waals surface area contributed by atoms with Crippen LogP contribution >= 0.6 is 23.4 Å². The molecule has 2 heterocycles. The van der Waals surface area contributed by atoms with Crippen molar-refractivity contribution in [2.45, 2.75) is 17.0 Å². The molecule has 0 saturated heterocycles. The highest BCUT2D eigenvalue weighted by molar-refractivity contribution is 8.00. The zero-order valence-corrected chi connectivity index (χ0v) is 17.4. The van der Waals surface area contributed by atoms with Gasteiger partial charge in [0.05, 0.1) is 11.0 Å². The van der Waals surface area contributed by atoms with E-state index < -0.39 is 0 Å². The minimum absolute atomic E-state index is 0.00995. The molecule has 0 bridgehead atoms. The van der Waals surface area contributed by atoms with Gasteiger partial charge in [-0.3, -0.25) is 0 Å². The molecule has 0 aliphatic carbocycles. The Hall–Kier alpha value is -3.09. The van der Waals surface area contributed by atoms with Crippen LogP contribution in [0.5, 0.6) is 5.75 Å². The van der Waals surface area contributed by atoms with E-state index in [1.54, 1.807) is 16.4 Å². The molecule has 0 spiro atoms. The van der Waals surface area contributed by atoms with Crippen LogP contribution in [-0.2, 0) is 6.61 Å². The van der Waals surface area contributed by atoms with Crippen molar-refractivity contribution in [1.29, 1.82) is 0 Å². The first-order valence-corrected chi connectivity index (χ1v) is 10.7. The van der Waals surface area contributed by atoms with Gasteiger partial charge in [-0.15, -0.1) is 10.2 Å². The highest BCUT2D eigenvalue weighted by Crippen LogP contribution is 2.41. The van der Waals surface area contributed by atoms with Gasteiger partial charge >= 0.3 is 0 Å². The summed E-state index contributed by atoms with van der Waals surface area (Å²) in [6.45, 7) is 0.286. The Morgan fingerprint density at radius 2 is 1.57 bits per heavy atom. The van der Waals surface area contributed by atoms with Gasteiger partial charge in [-0.2, -0.15) is 9.78 Å². The van der Waals surface area contributed by atoms with Crippen molar-refractivity contribution in [2.24, 2.45) is 5.10 Å². The summed E-state index contributed by atoms with van der Waals surface area (Å²) >= 11 is 7.72. The molecular formula is C23H17ClN4OS. The maximum atomic E-state index is 6.10. The third kappa shape index (κ3) is 3.84. The number of hydrogen-bond donors (Lipinski definition) is 0. The van der Waals surface area contributed by atoms with E-state index in [9.17, 15) is 0 Å². The van der Waals surface area contributed by atoms with E-state index in [4.69, 9.17) is 21.4 Å². The Morgan fingerprint density at radius 3 is 2.30 bits per heavy atom. The molecule has 30 heavy (non-hydrogen) atoms. The van der Waals surface area contributed by atoms with E-state index >= 15 is 0 Å². The summed E-state index contributed by atoms with van der Waals surface area (Å²) in [7, 11) is 0. The number of rotatable bonds is 5. The Bertz CT molecular complexity index is 1180. The predicted octanol–water partition coefficient (Wildman–Crippen LogP) is 5.61. The van der Waals surface area contributed by atoms with E-state index in [0.717, 1.165) is 27.7 Å². The minimum Gasteiger partial charge on any atom is -0.486 e. The summed E-state index contributed by atoms with van der Waals surface area (Å²) < 4.78 is 7.65. The highest BCUT2D eigenvalue weighted by atomic mass is 35.5. The largest absolute Gasteiger partial charge is 0.486 e. The number of para-hydroxylation sites is 1. The summed E-state index contributed by atoms with van der Waals surface area (Å²) in [6, 6.07) is 27.7. The van der Waals surface area contributed by atoms with Crippen LogP contribution in [0.2, 0.25) is 5.02 Å². The Morgan fingerprint density at radius 1 is 0.867 bits per heavy atom. The third-order valence-corrected chi connectivity index (χ3v) is 6.16. The number of nitrogens with zero attached hydrogens (tertiary/aromatic N) is 4. The van der Waals surface area contributed by atoms with Crippen molar-refractivity contribution in [1.82, 2.24) is 14.9 Å². The average Bonchev–Trinajstić information content (AvgIpc) is 3.20. The fourth-order valence-electron chi connectivity index (χ4n) is 3.23. The standard InChI is InChI=1S/C23H17ClN4OS/c24-18-13-11-17(12-14-18)22-21(16-7-3-1-4-8-16)27-28-20(25-26-23(28)30-22)15-29-19-9-5-2-6-10-19/h1-14,22H,15H2/t22-/m0/s1. The van der Waals surface area contributed by atoms with Crippen LogP contribution in [0, 0.1) is 0 Å². The molecule has 0 fully saturated rings. The number of thioether (sulfide) groups is 1. The Kier molecular flexibility index (Phi) is 5.26. The molecular weight excluding hydrogens is 416 g/mol. The number of benzene rings is 3. The number of aromatic nitrogens is 3. The quantitative estimate of drug-likeness (QED) is 0.411. The van der Waals surface area contributed by atoms with Crippen molar-refractivity contribution in [2.75, 3.05) is 0 Å². The number of fused-ring (bicyclic) bond motifs is 1. The predicted molar refractivity (Wildman–Crippen MR) is 119 cm³/mol. The second-order valence-corrected chi connectivity index (χ2v) is 8.22. The Balaban J connectivity index is 1.51. The average molecular weight is 433 g/mol. The molecule has 1 atom stereocenters. The highest BCUT2D eigenvalue weighted by Gasteiger charge is 2.30. The molecule has 0 N–H and O–H groups in total. The van der Waals surface area contributed by atoms with Gasteiger partial charge in [0.1, 0.15) is 12.4 Å². The van der Waals surface area contributed by atoms with Crippen molar-refractivity contribution >= 4 is 29.1 Å². The normalized spacial score (nSPS) is 15.4. The van der Waals surface area contributed by atoms with Crippen molar-refractivity contribution < 1.29 is 4.74 Å². The topological polar surface area (TPSA) is 52.3 Å². The maximum absolute atomic E-state index is 6.10. The smallest absolute Gasteiger partial charge is 0.213 e. The second-order valence-electron chi connectivity index (χ2n) is 6.71. The molecule has 3 aromatic carbocycles. The second kappa shape index (κ2) is 8.34. The van der Waals surface area contributed by atoms with Gasteiger partial charge in [-0.05, 0) is 35.4 Å². The van der Waals surface area contributed by atoms with Gasteiger partial charge in [-0.25, -0.2) is 0 Å². The SMILES string of the molecule is Clc1ccc([C@@H]2Sc3nnc(COc4ccccc4)n3N=C2c2ccccc2)cc1. The minimum atomic E-state index is -0.00995. The maximum Gasteiger partial charge on any atom is 0.213 e. The lowest BCUT2D eigenvalue weighted by Gasteiger charge is -2.23. The van der Waals surface area contributed by atoms with E-state index in [2.05, 4.69) is 22.3 Å². The molecule has 0 saturated carbocycles. The van der Waals surface area contributed by atoms with Crippen molar-refractivity contribution in [3.63, 3.8) is 0 Å². The molecule has 4 aromatic rings. The molecule has 5 rings (SSSR count). The fraction of sp³-hybridized carbons (Fsp3) is 0.0870. The first kappa shape index (κ1) is 18.9. The van der Waals surface area contributed by atoms with Gasteiger partial charge in [0.15, 0.2) is 5.82 Å². The molecule has 0 unspecified atom stereocenters. The first-order chi connectivity index (χ1) is 14.8. The number of hydrogen-bond acceptors (Lipinski definition) is 5. The summed E-state index contributed by atoms with van der Waals surface area (Å²) in [5.74, 6) is 1.44. The summed E-state index contributed by atoms with van der Waals surface area (Å²) in [5.41, 5.74) is 3.11. The van der Waals surface area contributed by atoms with Crippen LogP contribution < -0.4 is 4.74 Å². The van der Waals surface area contributed by atoms with Gasteiger partial charge in [0, 0.05) is 5.02 Å². The zero-order valence-electron chi connectivity index (χ0n) is 15.9. The van der Waals surface area contributed by atoms with E-state index in [-0.39, 0.29) is 11.9 Å². The van der Waals surface area contributed by atoms with E-state index in [1.165, 1.54) is 0 Å². The summed E-state index contributed by atoms with van der Waals surface area (Å²) in [6.07, 6.45) is 0. The molecule has 5 nitrogen and oxygen atoms in total. The molecule has 1 aromatic heterocycles. The van der Waals surface area contributed by atoms with Crippen molar-refractivity contribution in [3.05, 3.63) is 107 Å². The molecule has 7 heteroatoms. The summed E-state index contributed by atoms with van der Waals surface area (Å²) in [5, 5.41) is 15.1. The van der Waals surface area contributed by atoms with Gasteiger partial charge in [0.25, 0.3) is 0 Å². The molecule has 148 valence electrons. The lowest BCUT2D eigenvalue weighted by atomic mass is 10.0. The first-order valence-electron chi connectivity index (χ1n) is 9.46. The Labute approximate surface area is 183 Å². The van der Waals surface area contributed by atoms with E-state index in [0.29, 0.717) is 10.8 Å². The van der Waals surface area contributed by atoms with E-state index in [1.807, 2.05) is 72.8 Å². The lowest BCUT2D eigenvalue weighted by Crippen LogP contribution is -2.19. The van der Waals surface area contributed by atoms with Crippen LogP contribution in [0.15, 0.2) is 95.2 Å².